The summed E-state index contributed by atoms with van der Waals surface area (Å²) in [4.78, 5) is 11.9. The molecular formula is C14H17F3O. The van der Waals surface area contributed by atoms with E-state index in [0.717, 1.165) is 16.7 Å². The van der Waals surface area contributed by atoms with Crippen molar-refractivity contribution < 1.29 is 18.0 Å². The summed E-state index contributed by atoms with van der Waals surface area (Å²) in [6.45, 7) is 5.56. The Hall–Kier alpha value is -1.32. The van der Waals surface area contributed by atoms with Gasteiger partial charge < -0.3 is 0 Å². The van der Waals surface area contributed by atoms with E-state index in [1.54, 1.807) is 0 Å². The van der Waals surface area contributed by atoms with Gasteiger partial charge in [0.25, 0.3) is 0 Å². The van der Waals surface area contributed by atoms with Gasteiger partial charge in [-0.05, 0) is 38.3 Å². The number of Topliss-reactive ketones (excluding diaryl/α,β-unsaturated/α-hetero) is 1. The molecule has 0 saturated heterocycles. The summed E-state index contributed by atoms with van der Waals surface area (Å²) in [6.07, 6.45) is -5.28. The van der Waals surface area contributed by atoms with Crippen LogP contribution in [0.15, 0.2) is 12.1 Å². The number of rotatable bonds is 4. The molecule has 0 aromatic heterocycles. The lowest BCUT2D eigenvalue weighted by Gasteiger charge is -2.11. The first kappa shape index (κ1) is 14.7. The molecular weight excluding hydrogens is 241 g/mol. The normalized spacial score (nSPS) is 11.7. The number of ketones is 1. The number of halogens is 3. The fourth-order valence-electron chi connectivity index (χ4n) is 2.19. The molecule has 100 valence electrons. The molecule has 4 heteroatoms. The van der Waals surface area contributed by atoms with Gasteiger partial charge in [-0.25, -0.2) is 0 Å². The molecule has 0 heterocycles. The lowest BCUT2D eigenvalue weighted by atomic mass is 9.94. The number of carbonyl (C=O) groups is 1. The van der Waals surface area contributed by atoms with Gasteiger partial charge in [0.15, 0.2) is 5.78 Å². The van der Waals surface area contributed by atoms with Crippen LogP contribution in [0, 0.1) is 20.8 Å². The fourth-order valence-corrected chi connectivity index (χ4v) is 2.19. The zero-order valence-electron chi connectivity index (χ0n) is 10.8. The van der Waals surface area contributed by atoms with Crippen LogP contribution in [-0.2, 0) is 0 Å². The molecule has 0 amide bonds. The minimum atomic E-state index is -4.18. The van der Waals surface area contributed by atoms with Crippen LogP contribution >= 0.6 is 0 Å². The number of aryl methyl sites for hydroxylation is 3. The maximum absolute atomic E-state index is 12.0. The third kappa shape index (κ3) is 4.17. The van der Waals surface area contributed by atoms with E-state index >= 15 is 0 Å². The van der Waals surface area contributed by atoms with Crippen molar-refractivity contribution in [2.45, 2.75) is 46.2 Å². The molecule has 1 aromatic rings. The van der Waals surface area contributed by atoms with Gasteiger partial charge >= 0.3 is 6.18 Å². The highest BCUT2D eigenvalue weighted by Crippen LogP contribution is 2.24. The minimum Gasteiger partial charge on any atom is -0.294 e. The first-order chi connectivity index (χ1) is 8.20. The number of benzene rings is 1. The van der Waals surface area contributed by atoms with Crippen LogP contribution in [0.3, 0.4) is 0 Å². The molecule has 0 spiro atoms. The molecule has 0 aliphatic heterocycles. The maximum Gasteiger partial charge on any atom is 0.389 e. The van der Waals surface area contributed by atoms with Crippen LogP contribution in [0.1, 0.15) is 46.3 Å². The predicted octanol–water partition coefficient (Wildman–Crippen LogP) is 4.53. The average molecular weight is 258 g/mol. The van der Waals surface area contributed by atoms with Crippen molar-refractivity contribution in [2.75, 3.05) is 0 Å². The topological polar surface area (TPSA) is 17.1 Å². The Morgan fingerprint density at radius 3 is 2.06 bits per heavy atom. The van der Waals surface area contributed by atoms with Gasteiger partial charge in [-0.15, -0.1) is 0 Å². The second-order valence-electron chi connectivity index (χ2n) is 4.67. The first-order valence-corrected chi connectivity index (χ1v) is 5.88. The van der Waals surface area contributed by atoms with Crippen molar-refractivity contribution >= 4 is 5.78 Å². The summed E-state index contributed by atoms with van der Waals surface area (Å²) in [7, 11) is 0. The van der Waals surface area contributed by atoms with Crippen LogP contribution in [0.25, 0.3) is 0 Å². The van der Waals surface area contributed by atoms with E-state index in [1.807, 2.05) is 32.9 Å². The standard InChI is InChI=1S/C14H17F3O/c1-9-7-10(2)13(11(3)8-9)12(18)5-4-6-14(15,16)17/h7-8H,4-6H2,1-3H3. The third-order valence-electron chi connectivity index (χ3n) is 2.82. The Morgan fingerprint density at radius 1 is 1.11 bits per heavy atom. The van der Waals surface area contributed by atoms with Crippen LogP contribution in [0.4, 0.5) is 13.2 Å². The summed E-state index contributed by atoms with van der Waals surface area (Å²) >= 11 is 0. The second kappa shape index (κ2) is 5.55. The van der Waals surface area contributed by atoms with Crippen LogP contribution < -0.4 is 0 Å². The zero-order chi connectivity index (χ0) is 13.9. The minimum absolute atomic E-state index is 0.0513. The van der Waals surface area contributed by atoms with Crippen LogP contribution in [-0.4, -0.2) is 12.0 Å². The lowest BCUT2D eigenvalue weighted by Crippen LogP contribution is -2.10. The molecule has 0 bridgehead atoms. The van der Waals surface area contributed by atoms with E-state index in [0.29, 0.717) is 5.56 Å². The van der Waals surface area contributed by atoms with E-state index < -0.39 is 12.6 Å². The Balaban J connectivity index is 2.74. The fraction of sp³-hybridized carbons (Fsp3) is 0.500. The molecule has 0 atom stereocenters. The van der Waals surface area contributed by atoms with Gasteiger partial charge in [0.1, 0.15) is 0 Å². The summed E-state index contributed by atoms with van der Waals surface area (Å²) in [6, 6.07) is 3.76. The summed E-state index contributed by atoms with van der Waals surface area (Å²) in [5.74, 6) is -0.200. The van der Waals surface area contributed by atoms with Gasteiger partial charge in [0.05, 0.1) is 0 Å². The van der Waals surface area contributed by atoms with Crippen molar-refractivity contribution in [2.24, 2.45) is 0 Å². The smallest absolute Gasteiger partial charge is 0.294 e. The molecule has 0 aliphatic carbocycles. The molecule has 0 aliphatic rings. The Bertz CT molecular complexity index is 424. The molecule has 18 heavy (non-hydrogen) atoms. The Labute approximate surface area is 105 Å². The summed E-state index contributed by atoms with van der Waals surface area (Å²) in [5, 5.41) is 0. The van der Waals surface area contributed by atoms with Crippen LogP contribution in [0.2, 0.25) is 0 Å². The average Bonchev–Trinajstić information content (AvgIpc) is 2.13. The highest BCUT2D eigenvalue weighted by Gasteiger charge is 2.26. The highest BCUT2D eigenvalue weighted by atomic mass is 19.4. The molecule has 0 saturated carbocycles. The van der Waals surface area contributed by atoms with E-state index in [9.17, 15) is 18.0 Å². The molecule has 1 aromatic carbocycles. The number of carbonyl (C=O) groups excluding carboxylic acids is 1. The number of alkyl halides is 3. The number of hydrogen-bond donors (Lipinski definition) is 0. The zero-order valence-corrected chi connectivity index (χ0v) is 10.8. The Morgan fingerprint density at radius 2 is 1.61 bits per heavy atom. The largest absolute Gasteiger partial charge is 0.389 e. The predicted molar refractivity (Wildman–Crippen MR) is 64.9 cm³/mol. The van der Waals surface area contributed by atoms with E-state index in [-0.39, 0.29) is 18.6 Å². The maximum atomic E-state index is 12.0. The quantitative estimate of drug-likeness (QED) is 0.725. The van der Waals surface area contributed by atoms with Gasteiger partial charge in [0, 0.05) is 18.4 Å². The third-order valence-corrected chi connectivity index (χ3v) is 2.82. The van der Waals surface area contributed by atoms with Crippen molar-refractivity contribution in [3.63, 3.8) is 0 Å². The van der Waals surface area contributed by atoms with Crippen molar-refractivity contribution in [1.82, 2.24) is 0 Å². The van der Waals surface area contributed by atoms with Crippen molar-refractivity contribution in [3.05, 3.63) is 34.4 Å². The van der Waals surface area contributed by atoms with Crippen LogP contribution in [0.5, 0.6) is 0 Å². The van der Waals surface area contributed by atoms with E-state index in [4.69, 9.17) is 0 Å². The lowest BCUT2D eigenvalue weighted by molar-refractivity contribution is -0.135. The molecule has 0 fully saturated rings. The van der Waals surface area contributed by atoms with Gasteiger partial charge in [-0.2, -0.15) is 13.2 Å². The molecule has 0 radical (unpaired) electrons. The Kier molecular flexibility index (Phi) is 4.54. The SMILES string of the molecule is Cc1cc(C)c(C(=O)CCCC(F)(F)F)c(C)c1. The van der Waals surface area contributed by atoms with E-state index in [1.165, 1.54) is 0 Å². The van der Waals surface area contributed by atoms with Gasteiger partial charge in [0.2, 0.25) is 0 Å². The first-order valence-electron chi connectivity index (χ1n) is 5.88. The molecule has 1 rings (SSSR count). The molecule has 0 N–H and O–H groups in total. The summed E-state index contributed by atoms with van der Waals surface area (Å²) < 4.78 is 36.0. The summed E-state index contributed by atoms with van der Waals surface area (Å²) in [5.41, 5.74) is 3.30. The van der Waals surface area contributed by atoms with E-state index in [2.05, 4.69) is 0 Å². The van der Waals surface area contributed by atoms with Gasteiger partial charge in [-0.3, -0.25) is 4.79 Å². The monoisotopic (exact) mass is 258 g/mol. The van der Waals surface area contributed by atoms with Gasteiger partial charge in [-0.1, -0.05) is 17.7 Å². The van der Waals surface area contributed by atoms with Crippen molar-refractivity contribution in [1.29, 1.82) is 0 Å². The second-order valence-corrected chi connectivity index (χ2v) is 4.67. The highest BCUT2D eigenvalue weighted by molar-refractivity contribution is 5.98. The molecule has 1 nitrogen and oxygen atoms in total. The molecule has 0 unspecified atom stereocenters. The van der Waals surface area contributed by atoms with Crippen molar-refractivity contribution in [3.8, 4) is 0 Å². The number of hydrogen-bond acceptors (Lipinski definition) is 1.